The lowest BCUT2D eigenvalue weighted by Gasteiger charge is -2.22. The largest absolute Gasteiger partial charge is 0.508 e. The topological polar surface area (TPSA) is 107 Å². The molecular weight excluding hydrogens is 368 g/mol. The number of amides is 2. The molecule has 0 aliphatic carbocycles. The van der Waals surface area contributed by atoms with E-state index < -0.39 is 6.04 Å². The molecule has 156 valence electrons. The number of aromatic hydroxyl groups is 1. The van der Waals surface area contributed by atoms with Crippen molar-refractivity contribution in [2.75, 3.05) is 19.6 Å². The second-order valence-corrected chi connectivity index (χ2v) is 7.95. The van der Waals surface area contributed by atoms with Crippen molar-refractivity contribution in [3.8, 4) is 5.75 Å². The predicted molar refractivity (Wildman–Crippen MR) is 111 cm³/mol. The maximum absolute atomic E-state index is 12.7. The molecule has 2 aliphatic heterocycles. The maximum atomic E-state index is 12.7. The van der Waals surface area contributed by atoms with Crippen LogP contribution in [0.4, 0.5) is 0 Å². The molecule has 0 unspecified atom stereocenters. The molecule has 2 heterocycles. The molecule has 0 aromatic heterocycles. The standard InChI is InChI=1S/C22H30N4O3/c23-18-14-20(25-21(28)3-1-2-16-8-11-24-12-9-16)22(29)26(15-18)13-10-17-4-6-19(27)7-5-17/h4-7,16,20,24H,1-3,8-14,23H2,(H-,25,27,28)/p+1/t20-/m1/s1. The van der Waals surface area contributed by atoms with Crippen LogP contribution in [0, 0.1) is 5.92 Å². The zero-order valence-corrected chi connectivity index (χ0v) is 16.8. The number of nitrogens with zero attached hydrogens (tertiary/aromatic N) is 1. The molecule has 5 N–H and O–H groups in total. The van der Waals surface area contributed by atoms with Gasteiger partial charge >= 0.3 is 5.91 Å². The van der Waals surface area contributed by atoms with Gasteiger partial charge in [0.15, 0.2) is 18.5 Å². The predicted octanol–water partition coefficient (Wildman–Crippen LogP) is 1.04. The highest BCUT2D eigenvalue weighted by molar-refractivity contribution is 5.86. The zero-order valence-electron chi connectivity index (χ0n) is 16.8. The number of phenolic OH excluding ortho intramolecular Hbond substituents is 1. The van der Waals surface area contributed by atoms with E-state index in [2.05, 4.69) is 16.5 Å². The van der Waals surface area contributed by atoms with Gasteiger partial charge in [0.1, 0.15) is 11.4 Å². The molecule has 1 aromatic carbocycles. The summed E-state index contributed by atoms with van der Waals surface area (Å²) < 4.78 is 1.46. The van der Waals surface area contributed by atoms with Crippen molar-refractivity contribution < 1.29 is 19.3 Å². The first-order valence-electron chi connectivity index (χ1n) is 10.5. The molecule has 2 amide bonds. The van der Waals surface area contributed by atoms with Crippen molar-refractivity contribution in [2.24, 2.45) is 11.7 Å². The number of rotatable bonds is 8. The number of carbonyl (C=O) groups is 2. The molecule has 3 rings (SSSR count). The van der Waals surface area contributed by atoms with Crippen LogP contribution >= 0.6 is 0 Å². The van der Waals surface area contributed by atoms with Crippen molar-refractivity contribution in [3.63, 3.8) is 0 Å². The van der Waals surface area contributed by atoms with Gasteiger partial charge < -0.3 is 21.5 Å². The Kier molecular flexibility index (Phi) is 7.44. The van der Waals surface area contributed by atoms with Gasteiger partial charge in [0.05, 0.1) is 0 Å². The minimum absolute atomic E-state index is 0.0922. The molecule has 2 aliphatic rings. The first kappa shape index (κ1) is 21.1. The van der Waals surface area contributed by atoms with Crippen LogP contribution in [0.2, 0.25) is 0 Å². The summed E-state index contributed by atoms with van der Waals surface area (Å²) in [4.78, 5) is 25.1. The summed E-state index contributed by atoms with van der Waals surface area (Å²) in [7, 11) is 0. The zero-order chi connectivity index (χ0) is 20.6. The summed E-state index contributed by atoms with van der Waals surface area (Å²) in [5, 5.41) is 15.6. The van der Waals surface area contributed by atoms with Crippen LogP contribution in [0.3, 0.4) is 0 Å². The summed E-state index contributed by atoms with van der Waals surface area (Å²) in [5.74, 6) is 3.55. The molecule has 7 nitrogen and oxygen atoms in total. The Morgan fingerprint density at radius 3 is 2.72 bits per heavy atom. The summed E-state index contributed by atoms with van der Waals surface area (Å²) in [6, 6.07) is 6.25. The number of carbonyl (C=O) groups excluding carboxylic acids is 2. The van der Waals surface area contributed by atoms with Crippen molar-refractivity contribution in [1.29, 1.82) is 0 Å². The SMILES string of the molecule is NC1=C=[N+](CCc2ccc(O)cc2)C(=O)[C@H](NC(=O)CCCC2CCNCC2)C1. The van der Waals surface area contributed by atoms with E-state index >= 15 is 0 Å². The molecule has 0 saturated carbocycles. The Morgan fingerprint density at radius 2 is 2.00 bits per heavy atom. The van der Waals surface area contributed by atoms with Crippen LogP contribution in [-0.4, -0.2) is 53.0 Å². The number of nitrogens with one attached hydrogen (secondary N) is 2. The van der Waals surface area contributed by atoms with Crippen LogP contribution in [0.25, 0.3) is 0 Å². The monoisotopic (exact) mass is 399 g/mol. The number of nitrogens with two attached hydrogens (primary N) is 1. The molecule has 7 heteroatoms. The number of piperidine rings is 1. The Balaban J connectivity index is 1.46. The molecule has 29 heavy (non-hydrogen) atoms. The average molecular weight is 400 g/mol. The fourth-order valence-corrected chi connectivity index (χ4v) is 3.94. The van der Waals surface area contributed by atoms with Gasteiger partial charge in [0.25, 0.3) is 0 Å². The molecular formula is C22H31N4O3+. The third-order valence-corrected chi connectivity index (χ3v) is 5.64. The van der Waals surface area contributed by atoms with Crippen LogP contribution in [0.15, 0.2) is 30.0 Å². The molecule has 0 radical (unpaired) electrons. The van der Waals surface area contributed by atoms with E-state index in [9.17, 15) is 14.7 Å². The van der Waals surface area contributed by atoms with Crippen LogP contribution in [0.5, 0.6) is 5.75 Å². The van der Waals surface area contributed by atoms with Gasteiger partial charge in [0.2, 0.25) is 5.91 Å². The molecule has 1 aromatic rings. The Labute approximate surface area is 171 Å². The summed E-state index contributed by atoms with van der Waals surface area (Å²) in [6.07, 6.45) is 5.61. The van der Waals surface area contributed by atoms with Crippen molar-refractivity contribution in [2.45, 2.75) is 51.0 Å². The van der Waals surface area contributed by atoms with E-state index in [0.29, 0.717) is 37.4 Å². The van der Waals surface area contributed by atoms with E-state index in [1.807, 2.05) is 12.1 Å². The van der Waals surface area contributed by atoms with Crippen molar-refractivity contribution >= 4 is 17.7 Å². The van der Waals surface area contributed by atoms with Gasteiger partial charge in [-0.05, 0) is 62.4 Å². The maximum Gasteiger partial charge on any atom is 0.418 e. The Bertz CT molecular complexity index is 791. The highest BCUT2D eigenvalue weighted by Crippen LogP contribution is 2.18. The third-order valence-electron chi connectivity index (χ3n) is 5.64. The third kappa shape index (κ3) is 6.44. The van der Waals surface area contributed by atoms with Crippen molar-refractivity contribution in [1.82, 2.24) is 10.6 Å². The van der Waals surface area contributed by atoms with Gasteiger partial charge in [-0.15, -0.1) is 4.58 Å². The lowest BCUT2D eigenvalue weighted by Crippen LogP contribution is -2.48. The van der Waals surface area contributed by atoms with Gasteiger partial charge in [-0.1, -0.05) is 12.1 Å². The lowest BCUT2D eigenvalue weighted by atomic mass is 9.92. The number of hydrogen-bond acceptors (Lipinski definition) is 5. The number of phenols is 1. The van der Waals surface area contributed by atoms with E-state index in [1.165, 1.54) is 17.4 Å². The summed E-state index contributed by atoms with van der Waals surface area (Å²) in [6.45, 7) is 2.55. The normalized spacial score (nSPS) is 20.1. The average Bonchev–Trinajstić information content (AvgIpc) is 2.71. The van der Waals surface area contributed by atoms with Crippen LogP contribution in [-0.2, 0) is 16.0 Å². The Morgan fingerprint density at radius 1 is 1.28 bits per heavy atom. The molecule has 0 bridgehead atoms. The van der Waals surface area contributed by atoms with Gasteiger partial charge in [-0.25, -0.2) is 4.79 Å². The first-order valence-corrected chi connectivity index (χ1v) is 10.5. The minimum atomic E-state index is -0.623. The van der Waals surface area contributed by atoms with Gasteiger partial charge in [0, 0.05) is 19.3 Å². The lowest BCUT2D eigenvalue weighted by molar-refractivity contribution is -0.445. The first-order chi connectivity index (χ1) is 14.0. The van der Waals surface area contributed by atoms with E-state index in [0.717, 1.165) is 31.5 Å². The summed E-state index contributed by atoms with van der Waals surface area (Å²) in [5.41, 5.74) is 7.43. The molecule has 0 spiro atoms. The fourth-order valence-electron chi connectivity index (χ4n) is 3.94. The second kappa shape index (κ2) is 10.2. The minimum Gasteiger partial charge on any atom is -0.508 e. The number of hydrogen-bond donors (Lipinski definition) is 4. The van der Waals surface area contributed by atoms with Gasteiger partial charge in [-0.3, -0.25) is 4.79 Å². The van der Waals surface area contributed by atoms with E-state index in [1.54, 1.807) is 12.1 Å². The fraction of sp³-hybridized carbons (Fsp3) is 0.545. The smallest absolute Gasteiger partial charge is 0.418 e. The van der Waals surface area contributed by atoms with Gasteiger partial charge in [-0.2, -0.15) is 0 Å². The van der Waals surface area contributed by atoms with E-state index in [-0.39, 0.29) is 17.6 Å². The molecule has 1 atom stereocenters. The number of benzene rings is 1. The van der Waals surface area contributed by atoms with Crippen molar-refractivity contribution in [3.05, 3.63) is 35.5 Å². The Hall–Kier alpha value is -2.63. The van der Waals surface area contributed by atoms with E-state index in [4.69, 9.17) is 5.73 Å². The summed E-state index contributed by atoms with van der Waals surface area (Å²) >= 11 is 0. The van der Waals surface area contributed by atoms with Crippen LogP contribution in [0.1, 0.15) is 44.1 Å². The van der Waals surface area contributed by atoms with Crippen LogP contribution < -0.4 is 16.4 Å². The quantitative estimate of drug-likeness (QED) is 0.489. The highest BCUT2D eigenvalue weighted by Gasteiger charge is 2.34. The molecule has 1 saturated heterocycles. The highest BCUT2D eigenvalue weighted by atomic mass is 16.3. The molecule has 1 fully saturated rings. The second-order valence-electron chi connectivity index (χ2n) is 7.95.